The Hall–Kier alpha value is -0.600. The lowest BCUT2D eigenvalue weighted by Gasteiger charge is -2.31. The van der Waals surface area contributed by atoms with Gasteiger partial charge in [0.05, 0.1) is 0 Å². The summed E-state index contributed by atoms with van der Waals surface area (Å²) in [6, 6.07) is 7.02. The minimum Gasteiger partial charge on any atom is -0.309 e. The first-order valence-corrected chi connectivity index (χ1v) is 6.50. The molecule has 1 unspecified atom stereocenters. The van der Waals surface area contributed by atoms with Crippen molar-refractivity contribution in [1.82, 2.24) is 5.32 Å². The smallest absolute Gasteiger partial charge is 0.123 e. The molecule has 17 heavy (non-hydrogen) atoms. The monoisotopic (exact) mass is 257 g/mol. The first-order valence-electron chi connectivity index (χ1n) is 5.97. The zero-order valence-corrected chi connectivity index (χ0v) is 11.5. The molecule has 0 aliphatic heterocycles. The highest BCUT2D eigenvalue weighted by Crippen LogP contribution is 2.22. The van der Waals surface area contributed by atoms with Crippen LogP contribution in [0.2, 0.25) is 0 Å². The lowest BCUT2D eigenvalue weighted by Crippen LogP contribution is -2.40. The summed E-state index contributed by atoms with van der Waals surface area (Å²) in [5.41, 5.74) is 1.12. The first-order chi connectivity index (χ1) is 7.93. The molecule has 1 nitrogen and oxygen atoms in total. The van der Waals surface area contributed by atoms with Crippen LogP contribution < -0.4 is 5.32 Å². The SMILES string of the molecule is CC(C)(C)C(CCCl)NCc1cccc(F)c1. The Morgan fingerprint density at radius 1 is 1.35 bits per heavy atom. The van der Waals surface area contributed by atoms with Gasteiger partial charge in [-0.15, -0.1) is 11.6 Å². The average molecular weight is 258 g/mol. The molecule has 1 aromatic rings. The van der Waals surface area contributed by atoms with Crippen LogP contribution in [-0.2, 0) is 6.54 Å². The fourth-order valence-electron chi connectivity index (χ4n) is 1.84. The summed E-state index contributed by atoms with van der Waals surface area (Å²) in [4.78, 5) is 0. The molecular formula is C14H21ClFN. The minimum atomic E-state index is -0.186. The van der Waals surface area contributed by atoms with Gasteiger partial charge in [0.15, 0.2) is 0 Å². The summed E-state index contributed by atoms with van der Waals surface area (Å²) >= 11 is 5.81. The molecule has 0 saturated carbocycles. The molecule has 0 radical (unpaired) electrons. The van der Waals surface area contributed by atoms with E-state index in [4.69, 9.17) is 11.6 Å². The average Bonchev–Trinajstić information content (AvgIpc) is 2.22. The molecule has 1 aromatic carbocycles. The van der Waals surface area contributed by atoms with Crippen molar-refractivity contribution in [2.75, 3.05) is 5.88 Å². The van der Waals surface area contributed by atoms with E-state index in [-0.39, 0.29) is 11.2 Å². The second kappa shape index (κ2) is 6.36. The molecule has 1 N–H and O–H groups in total. The zero-order valence-electron chi connectivity index (χ0n) is 10.8. The highest BCUT2D eigenvalue weighted by Gasteiger charge is 2.23. The maximum atomic E-state index is 13.0. The number of hydrogen-bond acceptors (Lipinski definition) is 1. The Labute approximate surface area is 108 Å². The predicted octanol–water partition coefficient (Wildman–Crippen LogP) is 3.96. The standard InChI is InChI=1S/C14H21ClFN/c1-14(2,3)13(7-8-15)17-10-11-5-4-6-12(16)9-11/h4-6,9,13,17H,7-8,10H2,1-3H3. The molecular weight excluding hydrogens is 237 g/mol. The van der Waals surface area contributed by atoms with E-state index in [2.05, 4.69) is 26.1 Å². The van der Waals surface area contributed by atoms with Crippen LogP contribution >= 0.6 is 11.6 Å². The fraction of sp³-hybridized carbons (Fsp3) is 0.571. The van der Waals surface area contributed by atoms with Gasteiger partial charge in [0.25, 0.3) is 0 Å². The van der Waals surface area contributed by atoms with Crippen molar-refractivity contribution in [3.05, 3.63) is 35.6 Å². The highest BCUT2D eigenvalue weighted by molar-refractivity contribution is 6.17. The molecule has 3 heteroatoms. The van der Waals surface area contributed by atoms with Crippen molar-refractivity contribution in [3.63, 3.8) is 0 Å². The van der Waals surface area contributed by atoms with Crippen molar-refractivity contribution in [2.24, 2.45) is 5.41 Å². The van der Waals surface area contributed by atoms with E-state index < -0.39 is 0 Å². The Balaban J connectivity index is 2.58. The number of rotatable bonds is 5. The van der Waals surface area contributed by atoms with Crippen LogP contribution in [0.5, 0.6) is 0 Å². The molecule has 0 aliphatic carbocycles. The van der Waals surface area contributed by atoms with Gasteiger partial charge in [-0.05, 0) is 29.5 Å². The molecule has 0 heterocycles. The van der Waals surface area contributed by atoms with E-state index in [0.29, 0.717) is 18.5 Å². The summed E-state index contributed by atoms with van der Waals surface area (Å²) in [6.07, 6.45) is 0.917. The van der Waals surface area contributed by atoms with Crippen LogP contribution in [0, 0.1) is 11.2 Å². The van der Waals surface area contributed by atoms with Gasteiger partial charge in [-0.1, -0.05) is 32.9 Å². The van der Waals surface area contributed by atoms with Crippen molar-refractivity contribution >= 4 is 11.6 Å². The van der Waals surface area contributed by atoms with Gasteiger partial charge in [0.1, 0.15) is 5.82 Å². The molecule has 0 aromatic heterocycles. The minimum absolute atomic E-state index is 0.155. The Morgan fingerprint density at radius 2 is 2.06 bits per heavy atom. The molecule has 0 amide bonds. The number of halogens is 2. The molecule has 96 valence electrons. The summed E-state index contributed by atoms with van der Waals surface area (Å²) in [5.74, 6) is 0.451. The topological polar surface area (TPSA) is 12.0 Å². The maximum Gasteiger partial charge on any atom is 0.123 e. The van der Waals surface area contributed by atoms with Crippen molar-refractivity contribution < 1.29 is 4.39 Å². The lowest BCUT2D eigenvalue weighted by molar-refractivity contribution is 0.260. The summed E-state index contributed by atoms with van der Waals surface area (Å²) in [6.45, 7) is 7.23. The third-order valence-corrected chi connectivity index (χ3v) is 3.10. The Bertz CT molecular complexity index is 346. The summed E-state index contributed by atoms with van der Waals surface area (Å²) in [7, 11) is 0. The second-order valence-corrected chi connectivity index (χ2v) is 5.79. The molecule has 1 rings (SSSR count). The maximum absolute atomic E-state index is 13.0. The summed E-state index contributed by atoms with van der Waals surface area (Å²) < 4.78 is 13.0. The van der Waals surface area contributed by atoms with E-state index in [9.17, 15) is 4.39 Å². The quantitative estimate of drug-likeness (QED) is 0.788. The van der Waals surface area contributed by atoms with E-state index in [0.717, 1.165) is 12.0 Å². The van der Waals surface area contributed by atoms with Gasteiger partial charge in [-0.25, -0.2) is 4.39 Å². The van der Waals surface area contributed by atoms with Gasteiger partial charge in [0, 0.05) is 18.5 Å². The van der Waals surface area contributed by atoms with E-state index in [1.807, 2.05) is 6.07 Å². The first kappa shape index (κ1) is 14.5. The van der Waals surface area contributed by atoms with Crippen LogP contribution in [0.1, 0.15) is 32.8 Å². The zero-order chi connectivity index (χ0) is 12.9. The van der Waals surface area contributed by atoms with Crippen LogP contribution in [-0.4, -0.2) is 11.9 Å². The molecule has 0 saturated heterocycles. The Kier molecular flexibility index (Phi) is 5.41. The van der Waals surface area contributed by atoms with Crippen LogP contribution in [0.4, 0.5) is 4.39 Å². The van der Waals surface area contributed by atoms with Crippen LogP contribution in [0.3, 0.4) is 0 Å². The largest absolute Gasteiger partial charge is 0.309 e. The summed E-state index contributed by atoms with van der Waals surface area (Å²) in [5, 5.41) is 3.45. The number of alkyl halides is 1. The van der Waals surface area contributed by atoms with E-state index >= 15 is 0 Å². The molecule has 0 bridgehead atoms. The van der Waals surface area contributed by atoms with E-state index in [1.54, 1.807) is 12.1 Å². The van der Waals surface area contributed by atoms with Crippen molar-refractivity contribution in [2.45, 2.75) is 39.8 Å². The van der Waals surface area contributed by atoms with Gasteiger partial charge in [-0.2, -0.15) is 0 Å². The van der Waals surface area contributed by atoms with Gasteiger partial charge in [-0.3, -0.25) is 0 Å². The highest BCUT2D eigenvalue weighted by atomic mass is 35.5. The Morgan fingerprint density at radius 3 is 2.59 bits per heavy atom. The normalized spacial score (nSPS) is 13.7. The van der Waals surface area contributed by atoms with Gasteiger partial charge >= 0.3 is 0 Å². The fourth-order valence-corrected chi connectivity index (χ4v) is 2.06. The number of nitrogens with one attached hydrogen (secondary N) is 1. The van der Waals surface area contributed by atoms with Crippen LogP contribution in [0.15, 0.2) is 24.3 Å². The second-order valence-electron chi connectivity index (χ2n) is 5.41. The molecule has 1 atom stereocenters. The number of benzene rings is 1. The molecule has 0 aliphatic rings. The third kappa shape index (κ3) is 5.05. The third-order valence-electron chi connectivity index (χ3n) is 2.88. The van der Waals surface area contributed by atoms with Gasteiger partial charge in [0.2, 0.25) is 0 Å². The lowest BCUT2D eigenvalue weighted by atomic mass is 9.85. The molecule has 0 fully saturated rings. The van der Waals surface area contributed by atoms with Crippen molar-refractivity contribution in [3.8, 4) is 0 Å². The predicted molar refractivity (Wildman–Crippen MR) is 71.8 cm³/mol. The van der Waals surface area contributed by atoms with Gasteiger partial charge < -0.3 is 5.32 Å². The number of hydrogen-bond donors (Lipinski definition) is 1. The van der Waals surface area contributed by atoms with Crippen LogP contribution in [0.25, 0.3) is 0 Å². The molecule has 0 spiro atoms. The van der Waals surface area contributed by atoms with E-state index in [1.165, 1.54) is 6.07 Å². The van der Waals surface area contributed by atoms with Crippen molar-refractivity contribution in [1.29, 1.82) is 0 Å².